The number of carboxylic acids is 2. The van der Waals surface area contributed by atoms with Crippen LogP contribution in [0.5, 0.6) is 0 Å². The summed E-state index contributed by atoms with van der Waals surface area (Å²) < 4.78 is 13.0. The van der Waals surface area contributed by atoms with E-state index in [1.807, 2.05) is 78.9 Å². The van der Waals surface area contributed by atoms with E-state index in [0.717, 1.165) is 57.5 Å². The van der Waals surface area contributed by atoms with Crippen molar-refractivity contribution in [3.8, 4) is 11.1 Å². The highest BCUT2D eigenvalue weighted by Crippen LogP contribution is 2.40. The predicted molar refractivity (Wildman–Crippen MR) is 192 cm³/mol. The Kier molecular flexibility index (Phi) is 13.6. The zero-order valence-corrected chi connectivity index (χ0v) is 28.6. The molecule has 0 radical (unpaired) electrons. The molecule has 3 atom stereocenters. The van der Waals surface area contributed by atoms with Crippen molar-refractivity contribution in [2.75, 3.05) is 5.75 Å². The molecule has 5 rings (SSSR count). The Morgan fingerprint density at radius 2 is 1.44 bits per heavy atom. The molecule has 0 aliphatic carbocycles. The molecular weight excluding hydrogens is 655 g/mol. The van der Waals surface area contributed by atoms with Gasteiger partial charge >= 0.3 is 11.9 Å². The molecule has 1 fully saturated rings. The lowest BCUT2D eigenvalue weighted by atomic mass is 9.99. The molecule has 10 heteroatoms. The van der Waals surface area contributed by atoms with Crippen LogP contribution in [0.2, 0.25) is 0 Å². The van der Waals surface area contributed by atoms with E-state index in [0.29, 0.717) is 31.6 Å². The van der Waals surface area contributed by atoms with Crippen LogP contribution in [-0.4, -0.2) is 45.0 Å². The molecule has 262 valence electrons. The van der Waals surface area contributed by atoms with Crippen LogP contribution in [-0.2, 0) is 32.2 Å². The number of aromatic carboxylic acids is 1. The fourth-order valence-corrected chi connectivity index (χ4v) is 6.73. The first kappa shape index (κ1) is 36.8. The number of amides is 1. The summed E-state index contributed by atoms with van der Waals surface area (Å²) in [4.78, 5) is 35.2. The average Bonchev–Trinajstić information content (AvgIpc) is 3.14. The van der Waals surface area contributed by atoms with Crippen LogP contribution in [0.3, 0.4) is 0 Å². The van der Waals surface area contributed by atoms with Gasteiger partial charge in [-0.2, -0.15) is 0 Å². The Hall–Kier alpha value is -4.48. The third kappa shape index (κ3) is 11.0. The fraction of sp³-hybridized carbons (Fsp3) is 0.325. The Morgan fingerprint density at radius 3 is 2.12 bits per heavy atom. The number of unbranched alkanes of at least 4 members (excludes halogenated alkanes) is 3. The first-order valence-corrected chi connectivity index (χ1v) is 17.9. The molecule has 1 amide bonds. The highest BCUT2D eigenvalue weighted by molar-refractivity contribution is 7.99. The number of aliphatic carboxylic acids is 1. The van der Waals surface area contributed by atoms with Crippen LogP contribution in [0.25, 0.3) is 11.1 Å². The van der Waals surface area contributed by atoms with Gasteiger partial charge in [-0.3, -0.25) is 9.59 Å². The van der Waals surface area contributed by atoms with Crippen LogP contribution < -0.4 is 5.32 Å². The molecule has 50 heavy (non-hydrogen) atoms. The standard InChI is InChI=1S/C40H43NO8S/c42-25-27-10-12-30(13-11-27)36-23-34(26-50-35-20-18-31(19-21-35)39(46)47)48-40(49-36)32-16-14-29(15-17-32)33-7-5-6-28(22-33)24-41-37(43)8-3-1-2-4-9-38(44)45/h5-7,10-22,34,36,40,42H,1-4,8-9,23-26H2,(H,41,43)(H,44,45)(H,46,47)/t34-,36+,40+/m0/s1. The van der Waals surface area contributed by atoms with Crippen LogP contribution >= 0.6 is 11.8 Å². The molecule has 0 bridgehead atoms. The van der Waals surface area contributed by atoms with E-state index < -0.39 is 18.2 Å². The predicted octanol–water partition coefficient (Wildman–Crippen LogP) is 7.92. The van der Waals surface area contributed by atoms with Crippen LogP contribution in [0, 0.1) is 0 Å². The molecule has 9 nitrogen and oxygen atoms in total. The van der Waals surface area contributed by atoms with E-state index in [1.54, 1.807) is 23.9 Å². The van der Waals surface area contributed by atoms with Crippen molar-refractivity contribution in [3.63, 3.8) is 0 Å². The smallest absolute Gasteiger partial charge is 0.335 e. The molecule has 1 heterocycles. The van der Waals surface area contributed by atoms with E-state index in [9.17, 15) is 24.6 Å². The van der Waals surface area contributed by atoms with Gasteiger partial charge in [0, 0.05) is 42.0 Å². The maximum Gasteiger partial charge on any atom is 0.335 e. The molecule has 0 saturated carbocycles. The van der Waals surface area contributed by atoms with Gasteiger partial charge in [-0.05, 0) is 71.0 Å². The number of thioether (sulfide) groups is 1. The highest BCUT2D eigenvalue weighted by Gasteiger charge is 2.32. The SMILES string of the molecule is O=C(O)CCCCCCC(=O)NCc1cccc(-c2ccc([C@@H]3O[C@H](CSc4ccc(C(=O)O)cc4)C[C@H](c4ccc(CO)cc4)O3)cc2)c1. The van der Waals surface area contributed by atoms with Crippen LogP contribution in [0.15, 0.2) is 102 Å². The summed E-state index contributed by atoms with van der Waals surface area (Å²) in [6, 6.07) is 30.8. The molecule has 0 aromatic heterocycles. The molecule has 0 unspecified atom stereocenters. The number of rotatable bonds is 17. The van der Waals surface area contributed by atoms with Crippen LogP contribution in [0.4, 0.5) is 0 Å². The third-order valence-corrected chi connectivity index (χ3v) is 9.77. The number of hydrogen-bond donors (Lipinski definition) is 4. The molecule has 0 spiro atoms. The zero-order valence-electron chi connectivity index (χ0n) is 27.8. The lowest BCUT2D eigenvalue weighted by Gasteiger charge is -2.36. The lowest BCUT2D eigenvalue weighted by Crippen LogP contribution is -2.31. The number of aliphatic hydroxyl groups excluding tert-OH is 1. The largest absolute Gasteiger partial charge is 0.481 e. The van der Waals surface area contributed by atoms with Gasteiger partial charge in [0.05, 0.1) is 24.4 Å². The molecule has 4 N–H and O–H groups in total. The maximum atomic E-state index is 12.4. The van der Waals surface area contributed by atoms with Crippen molar-refractivity contribution in [2.24, 2.45) is 0 Å². The fourth-order valence-electron chi connectivity index (χ4n) is 5.80. The van der Waals surface area contributed by atoms with Crippen molar-refractivity contribution < 1.29 is 39.2 Å². The summed E-state index contributed by atoms with van der Waals surface area (Å²) in [7, 11) is 0. The highest BCUT2D eigenvalue weighted by atomic mass is 32.2. The Labute approximate surface area is 296 Å². The van der Waals surface area contributed by atoms with Gasteiger partial charge in [-0.15, -0.1) is 11.8 Å². The van der Waals surface area contributed by atoms with E-state index in [-0.39, 0.29) is 36.7 Å². The van der Waals surface area contributed by atoms with Crippen molar-refractivity contribution in [3.05, 3.63) is 125 Å². The zero-order chi connectivity index (χ0) is 35.3. The van der Waals surface area contributed by atoms with Crippen molar-refractivity contribution in [2.45, 2.75) is 81.5 Å². The number of nitrogens with one attached hydrogen (secondary N) is 1. The van der Waals surface area contributed by atoms with Gasteiger partial charge in [-0.25, -0.2) is 4.79 Å². The second kappa shape index (κ2) is 18.5. The molecule has 1 aliphatic heterocycles. The maximum absolute atomic E-state index is 12.4. The minimum absolute atomic E-state index is 0.0130. The van der Waals surface area contributed by atoms with Gasteiger partial charge < -0.3 is 30.1 Å². The summed E-state index contributed by atoms with van der Waals surface area (Å²) in [5.74, 6) is -1.09. The lowest BCUT2D eigenvalue weighted by molar-refractivity contribution is -0.245. The van der Waals surface area contributed by atoms with Gasteiger partial charge in [-0.1, -0.05) is 79.6 Å². The summed E-state index contributed by atoms with van der Waals surface area (Å²) in [6.07, 6.45) is 3.32. The minimum atomic E-state index is -0.953. The van der Waals surface area contributed by atoms with E-state index >= 15 is 0 Å². The van der Waals surface area contributed by atoms with E-state index in [4.69, 9.17) is 14.6 Å². The topological polar surface area (TPSA) is 142 Å². The number of hydrogen-bond acceptors (Lipinski definition) is 7. The number of carbonyl (C=O) groups is 3. The third-order valence-electron chi connectivity index (χ3n) is 8.63. The van der Waals surface area contributed by atoms with E-state index in [2.05, 4.69) is 11.4 Å². The Morgan fingerprint density at radius 1 is 0.740 bits per heavy atom. The number of ether oxygens (including phenoxy) is 2. The normalized spacial score (nSPS) is 17.3. The number of carbonyl (C=O) groups excluding carboxylic acids is 1. The molecule has 1 aliphatic rings. The van der Waals surface area contributed by atoms with Gasteiger partial charge in [0.25, 0.3) is 0 Å². The van der Waals surface area contributed by atoms with Gasteiger partial charge in [0.2, 0.25) is 5.91 Å². The summed E-state index contributed by atoms with van der Waals surface area (Å²) in [6.45, 7) is 0.400. The molecule has 1 saturated heterocycles. The second-order valence-corrected chi connectivity index (χ2v) is 13.5. The van der Waals surface area contributed by atoms with Crippen LogP contribution in [0.1, 0.15) is 90.0 Å². The first-order chi connectivity index (χ1) is 24.3. The van der Waals surface area contributed by atoms with E-state index in [1.165, 1.54) is 0 Å². The Balaban J connectivity index is 1.20. The molecule has 4 aromatic rings. The van der Waals surface area contributed by atoms with Crippen molar-refractivity contribution >= 4 is 29.6 Å². The summed E-state index contributed by atoms with van der Waals surface area (Å²) in [5, 5.41) is 30.5. The Bertz CT molecular complexity index is 1710. The van der Waals surface area contributed by atoms with Crippen molar-refractivity contribution in [1.29, 1.82) is 0 Å². The second-order valence-electron chi connectivity index (χ2n) is 12.4. The average molecular weight is 698 g/mol. The molecule has 4 aromatic carbocycles. The molecular formula is C40H43NO8S. The minimum Gasteiger partial charge on any atom is -0.481 e. The summed E-state index contributed by atoms with van der Waals surface area (Å²) >= 11 is 1.61. The quantitative estimate of drug-likeness (QED) is 0.0639. The van der Waals surface area contributed by atoms with Gasteiger partial charge in [0.1, 0.15) is 0 Å². The first-order valence-electron chi connectivity index (χ1n) is 16.9. The number of aliphatic hydroxyl groups is 1. The number of carboxylic acid groups (broad SMARTS) is 2. The van der Waals surface area contributed by atoms with Gasteiger partial charge in [0.15, 0.2) is 6.29 Å². The summed E-state index contributed by atoms with van der Waals surface area (Å²) in [5.41, 5.74) is 6.01. The monoisotopic (exact) mass is 697 g/mol. The number of benzene rings is 4. The van der Waals surface area contributed by atoms with Crippen molar-refractivity contribution in [1.82, 2.24) is 5.32 Å².